The Kier molecular flexibility index (Phi) is 9.75. The number of guanidine groups is 1. The SMILES string of the molecule is CN=C(NCc1ccc(C)cc1)NCc1cccc(CS(=O)(=O)NC)c1.I. The van der Waals surface area contributed by atoms with E-state index in [9.17, 15) is 8.42 Å². The number of benzene rings is 2. The first-order chi connectivity index (χ1) is 12.4. The zero-order valence-electron chi connectivity index (χ0n) is 15.8. The summed E-state index contributed by atoms with van der Waals surface area (Å²) < 4.78 is 25.7. The van der Waals surface area contributed by atoms with Gasteiger partial charge in [-0.25, -0.2) is 13.1 Å². The van der Waals surface area contributed by atoms with Crippen LogP contribution in [-0.4, -0.2) is 28.5 Å². The standard InChI is InChI=1S/C19H26N4O2S.HI/c1-15-7-9-16(10-8-15)12-22-19(20-2)23-13-17-5-4-6-18(11-17)14-26(24,25)21-3;/h4-11,21H,12-14H2,1-3H3,(H2,20,22,23);1H. The molecule has 0 aliphatic heterocycles. The van der Waals surface area contributed by atoms with E-state index in [1.165, 1.54) is 18.2 Å². The number of halogens is 1. The van der Waals surface area contributed by atoms with Gasteiger partial charge in [0.25, 0.3) is 0 Å². The predicted molar refractivity (Wildman–Crippen MR) is 122 cm³/mol. The van der Waals surface area contributed by atoms with Crippen molar-refractivity contribution in [1.82, 2.24) is 15.4 Å². The van der Waals surface area contributed by atoms with Crippen LogP contribution in [0.1, 0.15) is 22.3 Å². The van der Waals surface area contributed by atoms with Gasteiger partial charge in [0.2, 0.25) is 10.0 Å². The van der Waals surface area contributed by atoms with E-state index in [1.807, 2.05) is 24.3 Å². The molecular weight excluding hydrogens is 475 g/mol. The Morgan fingerprint density at radius 3 is 2.15 bits per heavy atom. The minimum absolute atomic E-state index is 0. The van der Waals surface area contributed by atoms with Gasteiger partial charge in [-0.1, -0.05) is 54.1 Å². The molecule has 0 fully saturated rings. The van der Waals surface area contributed by atoms with Crippen LogP contribution in [0, 0.1) is 6.92 Å². The van der Waals surface area contributed by atoms with Crippen molar-refractivity contribution < 1.29 is 8.42 Å². The number of aliphatic imine (C=N–C) groups is 1. The summed E-state index contributed by atoms with van der Waals surface area (Å²) in [5, 5.41) is 6.52. The lowest BCUT2D eigenvalue weighted by Gasteiger charge is -2.13. The van der Waals surface area contributed by atoms with E-state index in [1.54, 1.807) is 7.05 Å². The van der Waals surface area contributed by atoms with Crippen LogP contribution in [-0.2, 0) is 28.9 Å². The Balaban J connectivity index is 0.00000364. The zero-order chi connectivity index (χ0) is 19.0. The molecule has 0 bridgehead atoms. The van der Waals surface area contributed by atoms with Crippen LogP contribution in [0.4, 0.5) is 0 Å². The van der Waals surface area contributed by atoms with E-state index in [0.29, 0.717) is 19.0 Å². The third-order valence-corrected chi connectivity index (χ3v) is 5.26. The van der Waals surface area contributed by atoms with Crippen molar-refractivity contribution in [1.29, 1.82) is 0 Å². The van der Waals surface area contributed by atoms with E-state index >= 15 is 0 Å². The van der Waals surface area contributed by atoms with Gasteiger partial charge in [-0.15, -0.1) is 24.0 Å². The second-order valence-electron chi connectivity index (χ2n) is 6.05. The first kappa shape index (κ1) is 23.4. The van der Waals surface area contributed by atoms with E-state index in [4.69, 9.17) is 0 Å². The topological polar surface area (TPSA) is 82.6 Å². The molecule has 3 N–H and O–H groups in total. The first-order valence-corrected chi connectivity index (χ1v) is 10.1. The molecule has 8 heteroatoms. The second-order valence-corrected chi connectivity index (χ2v) is 7.97. The number of sulfonamides is 1. The van der Waals surface area contributed by atoms with Crippen LogP contribution in [0.3, 0.4) is 0 Å². The third-order valence-electron chi connectivity index (χ3n) is 3.92. The van der Waals surface area contributed by atoms with Crippen LogP contribution in [0.15, 0.2) is 53.5 Å². The van der Waals surface area contributed by atoms with Gasteiger partial charge < -0.3 is 10.6 Å². The molecule has 0 aliphatic carbocycles. The highest BCUT2D eigenvalue weighted by molar-refractivity contribution is 14.0. The average molecular weight is 502 g/mol. The quantitative estimate of drug-likeness (QED) is 0.309. The molecule has 2 aromatic carbocycles. The number of nitrogens with zero attached hydrogens (tertiary/aromatic N) is 1. The summed E-state index contributed by atoms with van der Waals surface area (Å²) in [5.74, 6) is 0.663. The molecule has 2 aromatic rings. The van der Waals surface area contributed by atoms with Crippen molar-refractivity contribution in [3.05, 3.63) is 70.8 Å². The second kappa shape index (κ2) is 11.3. The molecule has 0 aromatic heterocycles. The maximum Gasteiger partial charge on any atom is 0.215 e. The van der Waals surface area contributed by atoms with Gasteiger partial charge >= 0.3 is 0 Å². The van der Waals surface area contributed by atoms with Crippen molar-refractivity contribution in [3.8, 4) is 0 Å². The summed E-state index contributed by atoms with van der Waals surface area (Å²) in [5.41, 5.74) is 4.16. The minimum Gasteiger partial charge on any atom is -0.352 e. The maximum absolute atomic E-state index is 11.7. The molecule has 0 unspecified atom stereocenters. The number of nitrogens with one attached hydrogen (secondary N) is 3. The summed E-state index contributed by atoms with van der Waals surface area (Å²) >= 11 is 0. The highest BCUT2D eigenvalue weighted by Gasteiger charge is 2.09. The van der Waals surface area contributed by atoms with Crippen LogP contribution < -0.4 is 15.4 Å². The third kappa shape index (κ3) is 8.27. The van der Waals surface area contributed by atoms with Crippen molar-refractivity contribution in [2.24, 2.45) is 4.99 Å². The molecule has 148 valence electrons. The van der Waals surface area contributed by atoms with E-state index in [0.717, 1.165) is 11.1 Å². The summed E-state index contributed by atoms with van der Waals surface area (Å²) in [6.07, 6.45) is 0. The average Bonchev–Trinajstić information content (AvgIpc) is 2.63. The van der Waals surface area contributed by atoms with Gasteiger partial charge in [0.05, 0.1) is 5.75 Å². The molecule has 0 saturated heterocycles. The van der Waals surface area contributed by atoms with Gasteiger partial charge in [0, 0.05) is 20.1 Å². The van der Waals surface area contributed by atoms with Gasteiger partial charge in [-0.2, -0.15) is 0 Å². The zero-order valence-corrected chi connectivity index (χ0v) is 19.0. The van der Waals surface area contributed by atoms with Gasteiger partial charge in [0.15, 0.2) is 5.96 Å². The molecule has 0 heterocycles. The molecule has 27 heavy (non-hydrogen) atoms. The maximum atomic E-state index is 11.7. The first-order valence-electron chi connectivity index (χ1n) is 8.41. The van der Waals surface area contributed by atoms with Gasteiger partial charge in [-0.05, 0) is 30.7 Å². The number of hydrogen-bond donors (Lipinski definition) is 3. The fourth-order valence-electron chi connectivity index (χ4n) is 2.42. The molecule has 0 atom stereocenters. The largest absolute Gasteiger partial charge is 0.352 e. The summed E-state index contributed by atoms with van der Waals surface area (Å²) in [6.45, 7) is 3.30. The van der Waals surface area contributed by atoms with Crippen LogP contribution in [0.5, 0.6) is 0 Å². The molecule has 0 spiro atoms. The number of hydrogen-bond acceptors (Lipinski definition) is 3. The lowest BCUT2D eigenvalue weighted by molar-refractivity contribution is 0.587. The summed E-state index contributed by atoms with van der Waals surface area (Å²) in [6, 6.07) is 15.8. The summed E-state index contributed by atoms with van der Waals surface area (Å²) in [7, 11) is -0.130. The Hall–Kier alpha value is -1.65. The van der Waals surface area contributed by atoms with Crippen molar-refractivity contribution >= 4 is 40.0 Å². The Morgan fingerprint density at radius 1 is 0.963 bits per heavy atom. The van der Waals surface area contributed by atoms with Crippen molar-refractivity contribution in [3.63, 3.8) is 0 Å². The predicted octanol–water partition coefficient (Wildman–Crippen LogP) is 2.53. The molecule has 0 amide bonds. The van der Waals surface area contributed by atoms with Gasteiger partial charge in [0.1, 0.15) is 0 Å². The molecule has 6 nitrogen and oxygen atoms in total. The Labute approximate surface area is 178 Å². The van der Waals surface area contributed by atoms with E-state index in [2.05, 4.69) is 51.5 Å². The highest BCUT2D eigenvalue weighted by atomic mass is 127. The minimum atomic E-state index is -3.27. The molecule has 2 rings (SSSR count). The lowest BCUT2D eigenvalue weighted by atomic mass is 10.1. The molecular formula is C19H27IN4O2S. The highest BCUT2D eigenvalue weighted by Crippen LogP contribution is 2.08. The van der Waals surface area contributed by atoms with Crippen LogP contribution in [0.25, 0.3) is 0 Å². The van der Waals surface area contributed by atoms with E-state index < -0.39 is 10.0 Å². The van der Waals surface area contributed by atoms with Gasteiger partial charge in [-0.3, -0.25) is 4.99 Å². The molecule has 0 saturated carbocycles. The van der Waals surface area contributed by atoms with Crippen LogP contribution >= 0.6 is 24.0 Å². The summed E-state index contributed by atoms with van der Waals surface area (Å²) in [4.78, 5) is 4.22. The van der Waals surface area contributed by atoms with Crippen molar-refractivity contribution in [2.75, 3.05) is 14.1 Å². The normalized spacial score (nSPS) is 11.6. The Bertz CT molecular complexity index is 852. The molecule has 0 radical (unpaired) electrons. The van der Waals surface area contributed by atoms with E-state index in [-0.39, 0.29) is 29.7 Å². The Morgan fingerprint density at radius 2 is 1.56 bits per heavy atom. The van der Waals surface area contributed by atoms with Crippen LogP contribution in [0.2, 0.25) is 0 Å². The lowest BCUT2D eigenvalue weighted by Crippen LogP contribution is -2.36. The number of rotatable bonds is 7. The number of aryl methyl sites for hydroxylation is 1. The fraction of sp³-hybridized carbons (Fsp3) is 0.316. The van der Waals surface area contributed by atoms with Crippen molar-refractivity contribution in [2.45, 2.75) is 25.8 Å². The molecule has 0 aliphatic rings. The monoisotopic (exact) mass is 502 g/mol. The fourth-order valence-corrected chi connectivity index (χ4v) is 3.18. The smallest absolute Gasteiger partial charge is 0.215 e.